The van der Waals surface area contributed by atoms with Gasteiger partial charge >= 0.3 is 6.03 Å². The zero-order valence-electron chi connectivity index (χ0n) is 14.2. The van der Waals surface area contributed by atoms with Crippen LogP contribution < -0.4 is 10.6 Å². The van der Waals surface area contributed by atoms with Crippen LogP contribution in [0.25, 0.3) is 0 Å². The van der Waals surface area contributed by atoms with Crippen molar-refractivity contribution in [2.75, 3.05) is 66.1 Å². The van der Waals surface area contributed by atoms with E-state index < -0.39 is 0 Å². The van der Waals surface area contributed by atoms with E-state index in [0.29, 0.717) is 19.1 Å². The molecule has 0 bridgehead atoms. The first-order chi connectivity index (χ1) is 11.7. The summed E-state index contributed by atoms with van der Waals surface area (Å²) < 4.78 is 5.42. The Morgan fingerprint density at radius 1 is 1.33 bits per heavy atom. The summed E-state index contributed by atoms with van der Waals surface area (Å²) in [5, 5.41) is 5.78. The van der Waals surface area contributed by atoms with Crippen molar-refractivity contribution in [3.8, 4) is 0 Å². The number of carbonyl (C=O) groups is 2. The van der Waals surface area contributed by atoms with Crippen LogP contribution in [0.5, 0.6) is 0 Å². The standard InChI is InChI=1S/C15H26N6O3/c1-16-14(17-3-5-21-13(22)10-18-15(21)23)20-4-2-12(11-20)19-6-8-24-9-7-19/h12H,2-11H2,1H3,(H,16,17)(H,18,23). The summed E-state index contributed by atoms with van der Waals surface area (Å²) in [6, 6.07) is 0.226. The van der Waals surface area contributed by atoms with E-state index in [-0.39, 0.29) is 18.5 Å². The Kier molecular flexibility index (Phi) is 5.52. The molecule has 0 saturated carbocycles. The first-order valence-electron chi connectivity index (χ1n) is 8.54. The minimum absolute atomic E-state index is 0.0981. The molecule has 0 aromatic carbocycles. The monoisotopic (exact) mass is 338 g/mol. The molecule has 3 aliphatic heterocycles. The van der Waals surface area contributed by atoms with E-state index in [1.54, 1.807) is 7.05 Å². The molecule has 0 spiro atoms. The fraction of sp³-hybridized carbons (Fsp3) is 0.800. The molecule has 2 N–H and O–H groups in total. The highest BCUT2D eigenvalue weighted by atomic mass is 16.5. The summed E-state index contributed by atoms with van der Waals surface area (Å²) >= 11 is 0. The molecular formula is C15H26N6O3. The van der Waals surface area contributed by atoms with Crippen LogP contribution in [0.4, 0.5) is 4.79 Å². The molecule has 3 rings (SSSR count). The van der Waals surface area contributed by atoms with E-state index in [2.05, 4.69) is 25.4 Å². The van der Waals surface area contributed by atoms with Crippen molar-refractivity contribution in [3.63, 3.8) is 0 Å². The second kappa shape index (κ2) is 7.80. The second-order valence-corrected chi connectivity index (χ2v) is 6.21. The lowest BCUT2D eigenvalue weighted by Crippen LogP contribution is -2.47. The Bertz CT molecular complexity index is 489. The molecule has 3 heterocycles. The smallest absolute Gasteiger partial charge is 0.324 e. The van der Waals surface area contributed by atoms with Crippen molar-refractivity contribution >= 4 is 17.9 Å². The molecule has 0 aliphatic carbocycles. The number of imide groups is 1. The predicted octanol–water partition coefficient (Wildman–Crippen LogP) is -1.48. The Morgan fingerprint density at radius 2 is 2.12 bits per heavy atom. The molecule has 0 aromatic rings. The number of hydrogen-bond acceptors (Lipinski definition) is 5. The molecule has 1 unspecified atom stereocenters. The fourth-order valence-corrected chi connectivity index (χ4v) is 3.47. The SMILES string of the molecule is CN=C(NCCN1C(=O)CNC1=O)N1CCC(N2CCOCC2)C1. The third-order valence-corrected chi connectivity index (χ3v) is 4.79. The van der Waals surface area contributed by atoms with Gasteiger partial charge in [0.2, 0.25) is 5.91 Å². The van der Waals surface area contributed by atoms with Gasteiger partial charge in [0.25, 0.3) is 0 Å². The zero-order chi connectivity index (χ0) is 16.9. The number of carbonyl (C=O) groups excluding carboxylic acids is 2. The second-order valence-electron chi connectivity index (χ2n) is 6.21. The number of guanidine groups is 1. The highest BCUT2D eigenvalue weighted by Crippen LogP contribution is 2.17. The largest absolute Gasteiger partial charge is 0.379 e. The van der Waals surface area contributed by atoms with Gasteiger partial charge in [-0.1, -0.05) is 0 Å². The molecule has 3 aliphatic rings. The maximum Gasteiger partial charge on any atom is 0.324 e. The van der Waals surface area contributed by atoms with E-state index >= 15 is 0 Å². The number of aliphatic imine (C=N–C) groups is 1. The van der Waals surface area contributed by atoms with Crippen molar-refractivity contribution in [2.45, 2.75) is 12.5 Å². The highest BCUT2D eigenvalue weighted by molar-refractivity contribution is 6.01. The number of ether oxygens (including phenoxy) is 1. The quantitative estimate of drug-likeness (QED) is 0.369. The first-order valence-corrected chi connectivity index (χ1v) is 8.54. The molecule has 3 saturated heterocycles. The van der Waals surface area contributed by atoms with Gasteiger partial charge < -0.3 is 20.3 Å². The van der Waals surface area contributed by atoms with E-state index in [4.69, 9.17) is 4.74 Å². The Labute approximate surface area is 142 Å². The van der Waals surface area contributed by atoms with Crippen LogP contribution in [-0.2, 0) is 9.53 Å². The fourth-order valence-electron chi connectivity index (χ4n) is 3.47. The molecule has 24 heavy (non-hydrogen) atoms. The van der Waals surface area contributed by atoms with Crippen LogP contribution >= 0.6 is 0 Å². The van der Waals surface area contributed by atoms with Crippen molar-refractivity contribution < 1.29 is 14.3 Å². The Morgan fingerprint density at radius 3 is 2.79 bits per heavy atom. The number of urea groups is 1. The van der Waals surface area contributed by atoms with Crippen molar-refractivity contribution in [2.24, 2.45) is 4.99 Å². The van der Waals surface area contributed by atoms with Crippen molar-refractivity contribution in [1.82, 2.24) is 25.3 Å². The van der Waals surface area contributed by atoms with Gasteiger partial charge in [-0.15, -0.1) is 0 Å². The zero-order valence-corrected chi connectivity index (χ0v) is 14.2. The molecule has 3 amide bonds. The molecule has 1 atom stereocenters. The summed E-state index contributed by atoms with van der Waals surface area (Å²) in [7, 11) is 1.76. The van der Waals surface area contributed by atoms with Crippen LogP contribution in [0.1, 0.15) is 6.42 Å². The third kappa shape index (κ3) is 3.78. The topological polar surface area (TPSA) is 89.5 Å². The van der Waals surface area contributed by atoms with Crippen LogP contribution in [0.3, 0.4) is 0 Å². The molecule has 134 valence electrons. The van der Waals surface area contributed by atoms with Gasteiger partial charge in [-0.25, -0.2) is 4.79 Å². The third-order valence-electron chi connectivity index (χ3n) is 4.79. The lowest BCUT2D eigenvalue weighted by Gasteiger charge is -2.32. The maximum absolute atomic E-state index is 11.6. The minimum Gasteiger partial charge on any atom is -0.379 e. The average Bonchev–Trinajstić information content (AvgIpc) is 3.21. The molecule has 0 radical (unpaired) electrons. The van der Waals surface area contributed by atoms with Crippen LogP contribution in [0, 0.1) is 0 Å². The van der Waals surface area contributed by atoms with Gasteiger partial charge in [-0.3, -0.25) is 19.6 Å². The number of hydrogen-bond donors (Lipinski definition) is 2. The molecule has 0 aromatic heterocycles. The number of likely N-dealkylation sites (tertiary alicyclic amines) is 1. The number of nitrogens with one attached hydrogen (secondary N) is 2. The Hall–Kier alpha value is -1.87. The number of nitrogens with zero attached hydrogens (tertiary/aromatic N) is 4. The first kappa shape index (κ1) is 17.0. The van der Waals surface area contributed by atoms with Gasteiger partial charge in [-0.05, 0) is 6.42 Å². The summed E-state index contributed by atoms with van der Waals surface area (Å²) in [6.45, 7) is 6.49. The number of rotatable bonds is 4. The Balaban J connectivity index is 1.45. The minimum atomic E-state index is -0.314. The highest BCUT2D eigenvalue weighted by Gasteiger charge is 2.31. The molecule has 3 fully saturated rings. The van der Waals surface area contributed by atoms with Gasteiger partial charge in [0.15, 0.2) is 5.96 Å². The van der Waals surface area contributed by atoms with Gasteiger partial charge in [0, 0.05) is 52.4 Å². The predicted molar refractivity (Wildman–Crippen MR) is 88.8 cm³/mol. The molecule has 9 heteroatoms. The molecule has 9 nitrogen and oxygen atoms in total. The summed E-state index contributed by atoms with van der Waals surface area (Å²) in [5.41, 5.74) is 0. The summed E-state index contributed by atoms with van der Waals surface area (Å²) in [4.78, 5) is 33.4. The van der Waals surface area contributed by atoms with Crippen LogP contribution in [0.15, 0.2) is 4.99 Å². The van der Waals surface area contributed by atoms with Gasteiger partial charge in [0.1, 0.15) is 0 Å². The molecular weight excluding hydrogens is 312 g/mol. The van der Waals surface area contributed by atoms with Crippen molar-refractivity contribution in [1.29, 1.82) is 0 Å². The van der Waals surface area contributed by atoms with Gasteiger partial charge in [-0.2, -0.15) is 0 Å². The summed E-state index contributed by atoms with van der Waals surface area (Å²) in [5.74, 6) is 0.656. The van der Waals surface area contributed by atoms with Crippen molar-refractivity contribution in [3.05, 3.63) is 0 Å². The normalized spacial score (nSPS) is 26.2. The number of amides is 3. The van der Waals surface area contributed by atoms with Crippen LogP contribution in [-0.4, -0.2) is 105 Å². The van der Waals surface area contributed by atoms with E-state index in [9.17, 15) is 9.59 Å². The summed E-state index contributed by atoms with van der Waals surface area (Å²) in [6.07, 6.45) is 1.12. The van der Waals surface area contributed by atoms with E-state index in [1.807, 2.05) is 0 Å². The van der Waals surface area contributed by atoms with Gasteiger partial charge in [0.05, 0.1) is 19.8 Å². The van der Waals surface area contributed by atoms with Crippen LogP contribution in [0.2, 0.25) is 0 Å². The maximum atomic E-state index is 11.6. The lowest BCUT2D eigenvalue weighted by atomic mass is 10.2. The van der Waals surface area contributed by atoms with E-state index in [1.165, 1.54) is 4.90 Å². The average molecular weight is 338 g/mol. The van der Waals surface area contributed by atoms with E-state index in [0.717, 1.165) is 51.8 Å². The number of morpholine rings is 1. The lowest BCUT2D eigenvalue weighted by molar-refractivity contribution is -0.124.